The van der Waals surface area contributed by atoms with Crippen LogP contribution in [0.2, 0.25) is 0 Å². The molecule has 1 aromatic rings. The summed E-state index contributed by atoms with van der Waals surface area (Å²) in [7, 11) is 0. The molecular weight excluding hydrogens is 282 g/mol. The number of nitrogens with one attached hydrogen (secondary N) is 2. The smallest absolute Gasteiger partial charge is 0.329 e. The number of carbonyl (C=O) groups is 3. The molecule has 0 spiro atoms. The fourth-order valence-electron chi connectivity index (χ4n) is 1.68. The van der Waals surface area contributed by atoms with E-state index in [1.54, 1.807) is 11.4 Å². The van der Waals surface area contributed by atoms with Crippen molar-refractivity contribution in [2.45, 2.75) is 18.9 Å². The highest BCUT2D eigenvalue weighted by molar-refractivity contribution is 7.14. The highest BCUT2D eigenvalue weighted by atomic mass is 32.1. The number of nitriles is 1. The summed E-state index contributed by atoms with van der Waals surface area (Å²) in [4.78, 5) is 34.1. The van der Waals surface area contributed by atoms with Crippen LogP contribution in [-0.2, 0) is 19.1 Å². The molecule has 0 unspecified atom stereocenters. The van der Waals surface area contributed by atoms with Gasteiger partial charge in [0.15, 0.2) is 6.61 Å². The highest BCUT2D eigenvalue weighted by Crippen LogP contribution is 2.21. The predicted octanol–water partition coefficient (Wildman–Crippen LogP) is 0.380. The van der Waals surface area contributed by atoms with Crippen molar-refractivity contribution in [3.63, 3.8) is 0 Å². The van der Waals surface area contributed by atoms with E-state index in [0.717, 1.165) is 0 Å². The number of hydrogen-bond donors (Lipinski definition) is 2. The van der Waals surface area contributed by atoms with Crippen LogP contribution in [-0.4, -0.2) is 30.4 Å². The molecule has 1 atom stereocenters. The number of hydrogen-bond acceptors (Lipinski definition) is 6. The summed E-state index contributed by atoms with van der Waals surface area (Å²) in [6.45, 7) is -0.450. The van der Waals surface area contributed by atoms with E-state index in [9.17, 15) is 14.4 Å². The second kappa shape index (κ2) is 6.16. The van der Waals surface area contributed by atoms with E-state index in [4.69, 9.17) is 10.00 Å². The Morgan fingerprint density at radius 1 is 1.60 bits per heavy atom. The Labute approximate surface area is 118 Å². The molecule has 2 N–H and O–H groups in total. The van der Waals surface area contributed by atoms with Crippen molar-refractivity contribution in [3.8, 4) is 6.07 Å². The zero-order valence-electron chi connectivity index (χ0n) is 10.3. The fourth-order valence-corrected chi connectivity index (χ4v) is 2.44. The molecule has 1 aliphatic rings. The molecule has 0 saturated carbocycles. The van der Waals surface area contributed by atoms with Gasteiger partial charge in [-0.3, -0.25) is 9.59 Å². The van der Waals surface area contributed by atoms with Crippen LogP contribution in [0.3, 0.4) is 0 Å². The number of esters is 1. The average molecular weight is 293 g/mol. The molecule has 1 aromatic heterocycles. The minimum Gasteiger partial charge on any atom is -0.454 e. The third kappa shape index (κ3) is 3.33. The van der Waals surface area contributed by atoms with Gasteiger partial charge in [-0.25, -0.2) is 4.79 Å². The second-order valence-corrected chi connectivity index (χ2v) is 5.01. The lowest BCUT2D eigenvalue weighted by Gasteiger charge is -2.09. The van der Waals surface area contributed by atoms with Gasteiger partial charge in [0.05, 0.1) is 5.56 Å². The van der Waals surface area contributed by atoms with Gasteiger partial charge in [-0.15, -0.1) is 11.3 Å². The summed E-state index contributed by atoms with van der Waals surface area (Å²) in [5, 5.41) is 15.8. The van der Waals surface area contributed by atoms with Crippen LogP contribution in [0.25, 0.3) is 0 Å². The lowest BCUT2D eigenvalue weighted by molar-refractivity contribution is -0.149. The van der Waals surface area contributed by atoms with Crippen molar-refractivity contribution in [2.24, 2.45) is 0 Å². The Morgan fingerprint density at radius 2 is 2.40 bits per heavy atom. The van der Waals surface area contributed by atoms with E-state index in [-0.39, 0.29) is 12.3 Å². The zero-order valence-corrected chi connectivity index (χ0v) is 11.2. The first-order valence-corrected chi connectivity index (χ1v) is 6.71. The molecule has 0 bridgehead atoms. The van der Waals surface area contributed by atoms with E-state index >= 15 is 0 Å². The van der Waals surface area contributed by atoms with Crippen LogP contribution in [0, 0.1) is 11.3 Å². The van der Waals surface area contributed by atoms with Crippen molar-refractivity contribution in [2.75, 3.05) is 11.9 Å². The normalized spacial score (nSPS) is 17.1. The first kappa shape index (κ1) is 14.0. The minimum atomic E-state index is -0.674. The Kier molecular flexibility index (Phi) is 4.32. The molecule has 1 saturated heterocycles. The standard InChI is InChI=1S/C12H11N3O4S/c13-5-7-3-4-20-11(7)15-10(17)6-19-12(18)8-1-2-9(16)14-8/h3-4,8H,1-2,6H2,(H,14,16)(H,15,17)/t8-/m0/s1. The zero-order chi connectivity index (χ0) is 14.5. The van der Waals surface area contributed by atoms with E-state index < -0.39 is 24.5 Å². The van der Waals surface area contributed by atoms with Gasteiger partial charge >= 0.3 is 5.97 Å². The molecule has 20 heavy (non-hydrogen) atoms. The van der Waals surface area contributed by atoms with Gasteiger partial charge in [0.2, 0.25) is 5.91 Å². The molecule has 0 aromatic carbocycles. The van der Waals surface area contributed by atoms with E-state index in [0.29, 0.717) is 17.0 Å². The number of amides is 2. The SMILES string of the molecule is N#Cc1ccsc1NC(=O)COC(=O)[C@@H]1CCC(=O)N1. The topological polar surface area (TPSA) is 108 Å². The van der Waals surface area contributed by atoms with Gasteiger partial charge in [0.25, 0.3) is 5.91 Å². The van der Waals surface area contributed by atoms with Crippen molar-refractivity contribution >= 4 is 34.1 Å². The van der Waals surface area contributed by atoms with Gasteiger partial charge in [0.1, 0.15) is 17.1 Å². The summed E-state index contributed by atoms with van der Waals surface area (Å²) >= 11 is 1.21. The first-order chi connectivity index (χ1) is 9.60. The molecule has 8 heteroatoms. The van der Waals surface area contributed by atoms with Crippen LogP contribution in [0.5, 0.6) is 0 Å². The van der Waals surface area contributed by atoms with Crippen LogP contribution < -0.4 is 10.6 Å². The summed E-state index contributed by atoms with van der Waals surface area (Å²) < 4.78 is 4.81. The first-order valence-electron chi connectivity index (χ1n) is 5.83. The van der Waals surface area contributed by atoms with Crippen molar-refractivity contribution in [3.05, 3.63) is 17.0 Å². The Morgan fingerprint density at radius 3 is 3.05 bits per heavy atom. The Bertz CT molecular complexity index is 590. The minimum absolute atomic E-state index is 0.200. The lowest BCUT2D eigenvalue weighted by Crippen LogP contribution is -2.36. The van der Waals surface area contributed by atoms with Gasteiger partial charge in [0, 0.05) is 6.42 Å². The van der Waals surface area contributed by atoms with Crippen molar-refractivity contribution in [1.29, 1.82) is 5.26 Å². The van der Waals surface area contributed by atoms with Crippen LogP contribution in [0.4, 0.5) is 5.00 Å². The molecule has 7 nitrogen and oxygen atoms in total. The Balaban J connectivity index is 1.79. The van der Waals surface area contributed by atoms with Crippen molar-refractivity contribution in [1.82, 2.24) is 5.32 Å². The van der Waals surface area contributed by atoms with Crippen LogP contribution in [0.15, 0.2) is 11.4 Å². The third-order valence-corrected chi connectivity index (χ3v) is 3.49. The van der Waals surface area contributed by atoms with Gasteiger partial charge in [-0.05, 0) is 17.9 Å². The number of rotatable bonds is 4. The number of anilines is 1. The average Bonchev–Trinajstić information content (AvgIpc) is 3.04. The monoisotopic (exact) mass is 293 g/mol. The van der Waals surface area contributed by atoms with E-state index in [1.807, 2.05) is 6.07 Å². The van der Waals surface area contributed by atoms with E-state index in [1.165, 1.54) is 11.3 Å². The molecule has 0 radical (unpaired) electrons. The van der Waals surface area contributed by atoms with Crippen LogP contribution >= 0.6 is 11.3 Å². The lowest BCUT2D eigenvalue weighted by atomic mass is 10.2. The molecule has 2 heterocycles. The summed E-state index contributed by atoms with van der Waals surface area (Å²) in [6.07, 6.45) is 0.662. The molecule has 1 aliphatic heterocycles. The maximum atomic E-state index is 11.6. The van der Waals surface area contributed by atoms with Crippen molar-refractivity contribution < 1.29 is 19.1 Å². The summed E-state index contributed by atoms with van der Waals surface area (Å²) in [5.74, 6) is -1.35. The summed E-state index contributed by atoms with van der Waals surface area (Å²) in [5.41, 5.74) is 0.359. The Hall–Kier alpha value is -2.40. The maximum Gasteiger partial charge on any atom is 0.329 e. The molecule has 2 rings (SSSR count). The quantitative estimate of drug-likeness (QED) is 0.780. The second-order valence-electron chi connectivity index (χ2n) is 4.09. The molecule has 104 valence electrons. The number of carbonyl (C=O) groups excluding carboxylic acids is 3. The molecular formula is C12H11N3O4S. The maximum absolute atomic E-state index is 11.6. The fraction of sp³-hybridized carbons (Fsp3) is 0.333. The number of ether oxygens (including phenoxy) is 1. The number of thiophene rings is 1. The van der Waals surface area contributed by atoms with Gasteiger partial charge in [-0.1, -0.05) is 0 Å². The highest BCUT2D eigenvalue weighted by Gasteiger charge is 2.28. The molecule has 1 fully saturated rings. The molecule has 2 amide bonds. The molecule has 0 aliphatic carbocycles. The number of nitrogens with zero attached hydrogens (tertiary/aromatic N) is 1. The van der Waals surface area contributed by atoms with Gasteiger partial charge < -0.3 is 15.4 Å². The van der Waals surface area contributed by atoms with Gasteiger partial charge in [-0.2, -0.15) is 5.26 Å². The van der Waals surface area contributed by atoms with Crippen LogP contribution in [0.1, 0.15) is 18.4 Å². The van der Waals surface area contributed by atoms with E-state index in [2.05, 4.69) is 10.6 Å². The largest absolute Gasteiger partial charge is 0.454 e. The third-order valence-electron chi connectivity index (χ3n) is 2.66. The summed E-state index contributed by atoms with van der Waals surface area (Å²) in [6, 6.07) is 2.85. The predicted molar refractivity (Wildman–Crippen MR) is 69.8 cm³/mol.